The van der Waals surface area contributed by atoms with Gasteiger partial charge in [-0.3, -0.25) is 0 Å². The minimum Gasteiger partial charge on any atom is 2.00 e. The Hall–Kier alpha value is 0.636. The SMILES string of the molecule is [OH-].[O]=[Cr](=[O])([O-])[O-].[Zn+2]. The van der Waals surface area contributed by atoms with E-state index in [1.54, 1.807) is 0 Å². The third-order valence-electron chi connectivity index (χ3n) is 0. The molecule has 0 aliphatic rings. The first-order valence-electron chi connectivity index (χ1n) is 0.667. The molecule has 0 saturated heterocycles. The van der Waals surface area contributed by atoms with E-state index in [1.807, 2.05) is 0 Å². The van der Waals surface area contributed by atoms with Gasteiger partial charge < -0.3 is 5.48 Å². The maximum Gasteiger partial charge on any atom is 2.00 e. The Labute approximate surface area is 54.8 Å². The molecule has 0 atom stereocenters. The molecule has 0 aromatic carbocycles. The van der Waals surface area contributed by atoms with Crippen LogP contribution in [0, 0.1) is 0 Å². The molecule has 0 fully saturated rings. The van der Waals surface area contributed by atoms with Gasteiger partial charge in [-0.1, -0.05) is 0 Å². The van der Waals surface area contributed by atoms with Crippen molar-refractivity contribution in [2.75, 3.05) is 0 Å². The monoisotopic (exact) mass is 197 g/mol. The predicted molar refractivity (Wildman–Crippen MR) is 3.31 cm³/mol. The number of hydrogen-bond donors (Lipinski definition) is 0. The zero-order valence-corrected chi connectivity index (χ0v) is 7.44. The van der Waals surface area contributed by atoms with Crippen LogP contribution in [-0.4, -0.2) is 5.48 Å². The molecular formula is HCrO5Zn-. The van der Waals surface area contributed by atoms with E-state index in [1.165, 1.54) is 0 Å². The van der Waals surface area contributed by atoms with Gasteiger partial charge in [-0.15, -0.1) is 0 Å². The fourth-order valence-corrected chi connectivity index (χ4v) is 0. The Kier molecular flexibility index (Phi) is 10.7. The van der Waals surface area contributed by atoms with Crippen LogP contribution in [0.2, 0.25) is 0 Å². The molecule has 0 radical (unpaired) electrons. The minimum atomic E-state index is -5.75. The molecule has 0 amide bonds. The molecule has 0 bridgehead atoms. The van der Waals surface area contributed by atoms with Crippen LogP contribution >= 0.6 is 0 Å². The van der Waals surface area contributed by atoms with Crippen molar-refractivity contribution in [2.45, 2.75) is 0 Å². The van der Waals surface area contributed by atoms with Crippen molar-refractivity contribution < 1.29 is 54.5 Å². The van der Waals surface area contributed by atoms with Crippen molar-refractivity contribution in [3.8, 4) is 0 Å². The van der Waals surface area contributed by atoms with E-state index >= 15 is 0 Å². The first kappa shape index (κ1) is 15.6. The smallest absolute Gasteiger partial charge is 2.00 e. The van der Waals surface area contributed by atoms with Crippen molar-refractivity contribution >= 4 is 0 Å². The molecule has 5 nitrogen and oxygen atoms in total. The fourth-order valence-electron chi connectivity index (χ4n) is 0. The Morgan fingerprint density at radius 2 is 1.14 bits per heavy atom. The van der Waals surface area contributed by atoms with Crippen molar-refractivity contribution in [1.82, 2.24) is 0 Å². The molecule has 40 valence electrons. The third kappa shape index (κ3) is 353. The molecule has 0 heterocycles. The molecule has 0 saturated carbocycles. The molecule has 0 aromatic heterocycles. The second-order valence-corrected chi connectivity index (χ2v) is 1.68. The normalized spacial score (nSPS) is 8.29. The summed E-state index contributed by atoms with van der Waals surface area (Å²) in [6, 6.07) is 0. The van der Waals surface area contributed by atoms with Gasteiger partial charge in [-0.05, 0) is 0 Å². The van der Waals surface area contributed by atoms with E-state index < -0.39 is 13.6 Å². The van der Waals surface area contributed by atoms with Crippen LogP contribution in [0.1, 0.15) is 0 Å². The molecule has 1 N–H and O–H groups in total. The van der Waals surface area contributed by atoms with Crippen LogP contribution in [0.3, 0.4) is 0 Å². The second-order valence-electron chi connectivity index (χ2n) is 0.408. The third-order valence-corrected chi connectivity index (χ3v) is 0. The molecule has 0 rings (SSSR count). The van der Waals surface area contributed by atoms with Gasteiger partial charge in [0.1, 0.15) is 0 Å². The van der Waals surface area contributed by atoms with Gasteiger partial charge in [0.15, 0.2) is 0 Å². The van der Waals surface area contributed by atoms with Crippen LogP contribution in [0.5, 0.6) is 0 Å². The molecule has 0 aliphatic heterocycles. The summed E-state index contributed by atoms with van der Waals surface area (Å²) in [4.78, 5) is 0. The Morgan fingerprint density at radius 3 is 1.14 bits per heavy atom. The van der Waals surface area contributed by atoms with Gasteiger partial charge in [0, 0.05) is 0 Å². The fraction of sp³-hybridized carbons (Fsp3) is 0. The maximum atomic E-state index is 8.59. The molecule has 7 heteroatoms. The zero-order chi connectivity index (χ0) is 4.50. The molecular weight excluding hydrogens is 197 g/mol. The molecule has 0 unspecified atom stereocenters. The first-order valence-corrected chi connectivity index (χ1v) is 2.75. The van der Waals surface area contributed by atoms with Crippen LogP contribution in [0.15, 0.2) is 0 Å². The predicted octanol–water partition coefficient (Wildman–Crippen LogP) is -2.80. The standard InChI is InChI=1S/Cr.H2O.4O.Zn/h;1H2;;;;;/q;;;;2*-1;+2/p-1. The summed E-state index contributed by atoms with van der Waals surface area (Å²) >= 11 is -5.75. The van der Waals surface area contributed by atoms with Gasteiger partial charge in [-0.2, -0.15) is 0 Å². The van der Waals surface area contributed by atoms with Gasteiger partial charge in [0.2, 0.25) is 0 Å². The van der Waals surface area contributed by atoms with Gasteiger partial charge in [0.25, 0.3) is 0 Å². The summed E-state index contributed by atoms with van der Waals surface area (Å²) in [6.45, 7) is 0. The van der Waals surface area contributed by atoms with E-state index in [0.717, 1.165) is 0 Å². The van der Waals surface area contributed by atoms with E-state index in [4.69, 9.17) is 15.9 Å². The van der Waals surface area contributed by atoms with E-state index in [-0.39, 0.29) is 25.0 Å². The average Bonchev–Trinajstić information content (AvgIpc) is 0.722. The van der Waals surface area contributed by atoms with E-state index in [9.17, 15) is 0 Å². The minimum absolute atomic E-state index is 0. The van der Waals surface area contributed by atoms with Gasteiger partial charge in [0.05, 0.1) is 0 Å². The van der Waals surface area contributed by atoms with E-state index in [2.05, 4.69) is 0 Å². The van der Waals surface area contributed by atoms with E-state index in [0.29, 0.717) is 0 Å². The molecule has 7 heavy (non-hydrogen) atoms. The topological polar surface area (TPSA) is 110 Å². The number of rotatable bonds is 0. The first-order chi connectivity index (χ1) is 2.00. The summed E-state index contributed by atoms with van der Waals surface area (Å²) in [5, 5.41) is 0. The Bertz CT molecular complexity index is 91.2. The van der Waals surface area contributed by atoms with Gasteiger partial charge in [-0.25, -0.2) is 0 Å². The van der Waals surface area contributed by atoms with Crippen LogP contribution in [0.4, 0.5) is 0 Å². The van der Waals surface area contributed by atoms with Gasteiger partial charge >= 0.3 is 49.0 Å². The van der Waals surface area contributed by atoms with Crippen molar-refractivity contribution in [3.63, 3.8) is 0 Å². The second kappa shape index (κ2) is 4.79. The van der Waals surface area contributed by atoms with Crippen molar-refractivity contribution in [2.24, 2.45) is 0 Å². The maximum absolute atomic E-state index is 8.59. The average molecular weight is 198 g/mol. The zero-order valence-electron chi connectivity index (χ0n) is 3.20. The number of hydrogen-bond acceptors (Lipinski definition) is 5. The Balaban J connectivity index is -0.0000000800. The van der Waals surface area contributed by atoms with Crippen molar-refractivity contribution in [1.29, 1.82) is 0 Å². The summed E-state index contributed by atoms with van der Waals surface area (Å²) in [6.07, 6.45) is 0. The molecule has 0 aromatic rings. The van der Waals surface area contributed by atoms with Crippen LogP contribution in [-0.2, 0) is 40.7 Å². The summed E-state index contributed by atoms with van der Waals surface area (Å²) < 4.78 is 34.4. The molecule has 0 spiro atoms. The molecule has 0 aliphatic carbocycles. The quantitative estimate of drug-likeness (QED) is 0.390. The largest absolute Gasteiger partial charge is 2.00 e. The van der Waals surface area contributed by atoms with Crippen LogP contribution in [0.25, 0.3) is 0 Å². The van der Waals surface area contributed by atoms with Crippen molar-refractivity contribution in [3.05, 3.63) is 0 Å². The summed E-state index contributed by atoms with van der Waals surface area (Å²) in [5.41, 5.74) is 0. The van der Waals surface area contributed by atoms with Crippen LogP contribution < -0.4 is 8.32 Å². The summed E-state index contributed by atoms with van der Waals surface area (Å²) in [7, 11) is 0. The Morgan fingerprint density at radius 1 is 1.14 bits per heavy atom. The summed E-state index contributed by atoms with van der Waals surface area (Å²) in [5.74, 6) is 0.